The fourth-order valence-corrected chi connectivity index (χ4v) is 3.74. The maximum absolute atomic E-state index is 12.0. The predicted octanol–water partition coefficient (Wildman–Crippen LogP) is 1.27. The first-order valence-electron chi connectivity index (χ1n) is 4.56. The van der Waals surface area contributed by atoms with Crippen LogP contribution in [-0.4, -0.2) is 30.9 Å². The van der Waals surface area contributed by atoms with Crippen LogP contribution in [0.2, 0.25) is 0 Å². The molecule has 15 heavy (non-hydrogen) atoms. The van der Waals surface area contributed by atoms with Gasteiger partial charge in [-0.1, -0.05) is 0 Å². The van der Waals surface area contributed by atoms with Gasteiger partial charge in [-0.25, -0.2) is 8.42 Å². The highest BCUT2D eigenvalue weighted by Crippen LogP contribution is 2.24. The molecule has 0 saturated carbocycles. The monoisotopic (exact) mass is 249 g/mol. The van der Waals surface area contributed by atoms with Crippen molar-refractivity contribution in [2.24, 2.45) is 0 Å². The lowest BCUT2D eigenvalue weighted by Gasteiger charge is -2.19. The molecule has 0 fully saturated rings. The Kier molecular flexibility index (Phi) is 3.88. The van der Waals surface area contributed by atoms with E-state index in [9.17, 15) is 8.42 Å². The van der Waals surface area contributed by atoms with E-state index in [1.807, 2.05) is 13.8 Å². The van der Waals surface area contributed by atoms with Crippen LogP contribution in [-0.2, 0) is 16.6 Å². The van der Waals surface area contributed by atoms with Crippen molar-refractivity contribution in [3.05, 3.63) is 17.0 Å². The molecule has 6 heteroatoms. The van der Waals surface area contributed by atoms with Gasteiger partial charge < -0.3 is 5.11 Å². The van der Waals surface area contributed by atoms with Crippen LogP contribution in [0.1, 0.15) is 19.4 Å². The minimum absolute atomic E-state index is 0.0744. The van der Waals surface area contributed by atoms with Crippen molar-refractivity contribution in [1.29, 1.82) is 0 Å². The van der Waals surface area contributed by atoms with Crippen molar-refractivity contribution >= 4 is 21.4 Å². The molecule has 0 aromatic carbocycles. The van der Waals surface area contributed by atoms with Gasteiger partial charge in [0.2, 0.25) is 0 Å². The second-order valence-corrected chi connectivity index (χ2v) is 6.68. The third-order valence-corrected chi connectivity index (χ3v) is 5.67. The van der Waals surface area contributed by atoms with Gasteiger partial charge in [-0.15, -0.1) is 11.3 Å². The van der Waals surface area contributed by atoms with Crippen LogP contribution < -0.4 is 0 Å². The van der Waals surface area contributed by atoms with E-state index in [0.29, 0.717) is 5.56 Å². The quantitative estimate of drug-likeness (QED) is 0.874. The van der Waals surface area contributed by atoms with Crippen LogP contribution in [0.25, 0.3) is 0 Å². The van der Waals surface area contributed by atoms with Gasteiger partial charge in [-0.3, -0.25) is 0 Å². The highest BCUT2D eigenvalue weighted by molar-refractivity contribution is 7.91. The molecule has 4 nitrogen and oxygen atoms in total. The van der Waals surface area contributed by atoms with E-state index in [2.05, 4.69) is 0 Å². The van der Waals surface area contributed by atoms with E-state index in [0.717, 1.165) is 11.3 Å². The highest BCUT2D eigenvalue weighted by atomic mass is 32.2. The Balaban J connectivity index is 3.06. The van der Waals surface area contributed by atoms with Gasteiger partial charge in [0.1, 0.15) is 4.21 Å². The third kappa shape index (κ3) is 2.57. The minimum atomic E-state index is -3.39. The van der Waals surface area contributed by atoms with Crippen molar-refractivity contribution in [2.75, 3.05) is 7.05 Å². The van der Waals surface area contributed by atoms with E-state index < -0.39 is 10.0 Å². The number of hydrogen-bond acceptors (Lipinski definition) is 4. The molecule has 1 rings (SSSR count). The largest absolute Gasteiger partial charge is 0.392 e. The third-order valence-electron chi connectivity index (χ3n) is 2.17. The Labute approximate surface area is 94.2 Å². The molecular weight excluding hydrogens is 234 g/mol. The number of aliphatic hydroxyl groups is 1. The summed E-state index contributed by atoms with van der Waals surface area (Å²) in [5.74, 6) is 0. The van der Waals surface area contributed by atoms with Gasteiger partial charge in [-0.05, 0) is 30.9 Å². The molecule has 0 unspecified atom stereocenters. The molecule has 0 spiro atoms. The molecule has 0 bridgehead atoms. The van der Waals surface area contributed by atoms with E-state index >= 15 is 0 Å². The number of aliphatic hydroxyl groups excluding tert-OH is 1. The Morgan fingerprint density at radius 2 is 2.13 bits per heavy atom. The molecule has 0 aliphatic rings. The second kappa shape index (κ2) is 4.61. The molecule has 86 valence electrons. The standard InChI is InChI=1S/C9H15NO3S2/c1-7(2)10(3)15(12,13)9-4-8(5-11)6-14-9/h4,6-7,11H,5H2,1-3H3. The smallest absolute Gasteiger partial charge is 0.252 e. The number of thiophene rings is 1. The zero-order valence-electron chi connectivity index (χ0n) is 8.97. The number of nitrogens with zero attached hydrogens (tertiary/aromatic N) is 1. The Morgan fingerprint density at radius 1 is 1.53 bits per heavy atom. The van der Waals surface area contributed by atoms with Gasteiger partial charge in [0.15, 0.2) is 0 Å². The zero-order chi connectivity index (χ0) is 11.6. The first-order valence-corrected chi connectivity index (χ1v) is 6.88. The van der Waals surface area contributed by atoms with Crippen molar-refractivity contribution in [3.63, 3.8) is 0 Å². The molecule has 1 N–H and O–H groups in total. The fourth-order valence-electron chi connectivity index (χ4n) is 0.991. The van der Waals surface area contributed by atoms with Crippen LogP contribution in [0.5, 0.6) is 0 Å². The Bertz CT molecular complexity index is 422. The van der Waals surface area contributed by atoms with Crippen molar-refractivity contribution in [2.45, 2.75) is 30.7 Å². The average Bonchev–Trinajstić information content (AvgIpc) is 2.65. The average molecular weight is 249 g/mol. The van der Waals surface area contributed by atoms with Gasteiger partial charge in [0, 0.05) is 13.1 Å². The maximum atomic E-state index is 12.0. The summed E-state index contributed by atoms with van der Waals surface area (Å²) in [6, 6.07) is 1.44. The van der Waals surface area contributed by atoms with Gasteiger partial charge >= 0.3 is 0 Å². The van der Waals surface area contributed by atoms with Crippen LogP contribution in [0, 0.1) is 0 Å². The zero-order valence-corrected chi connectivity index (χ0v) is 10.6. The van der Waals surface area contributed by atoms with Crippen LogP contribution in [0.15, 0.2) is 15.7 Å². The molecule has 0 aliphatic heterocycles. The Hall–Kier alpha value is -0.430. The molecule has 0 saturated heterocycles. The normalized spacial score (nSPS) is 12.7. The summed E-state index contributed by atoms with van der Waals surface area (Å²) >= 11 is 1.14. The summed E-state index contributed by atoms with van der Waals surface area (Å²) in [6.45, 7) is 3.51. The lowest BCUT2D eigenvalue weighted by atomic mass is 10.4. The van der Waals surface area contributed by atoms with Crippen LogP contribution in [0.4, 0.5) is 0 Å². The number of hydrogen-bond donors (Lipinski definition) is 1. The fraction of sp³-hybridized carbons (Fsp3) is 0.556. The topological polar surface area (TPSA) is 57.6 Å². The molecule has 0 radical (unpaired) electrons. The SMILES string of the molecule is CC(C)N(C)S(=O)(=O)c1cc(CO)cs1. The summed E-state index contributed by atoms with van der Waals surface area (Å²) in [5, 5.41) is 10.5. The van der Waals surface area contributed by atoms with E-state index in [1.165, 1.54) is 10.4 Å². The molecule has 1 aromatic heterocycles. The lowest BCUT2D eigenvalue weighted by Crippen LogP contribution is -2.32. The lowest BCUT2D eigenvalue weighted by molar-refractivity contribution is 0.282. The summed E-state index contributed by atoms with van der Waals surface area (Å²) < 4.78 is 25.5. The van der Waals surface area contributed by atoms with Gasteiger partial charge in [0.05, 0.1) is 6.61 Å². The first-order chi connectivity index (χ1) is 6.89. The number of sulfonamides is 1. The van der Waals surface area contributed by atoms with E-state index in [1.54, 1.807) is 12.4 Å². The van der Waals surface area contributed by atoms with E-state index in [4.69, 9.17) is 5.11 Å². The van der Waals surface area contributed by atoms with Crippen molar-refractivity contribution < 1.29 is 13.5 Å². The second-order valence-electron chi connectivity index (χ2n) is 3.55. The van der Waals surface area contributed by atoms with Crippen molar-refractivity contribution in [3.8, 4) is 0 Å². The molecule has 1 aromatic rings. The number of rotatable bonds is 4. The highest BCUT2D eigenvalue weighted by Gasteiger charge is 2.24. The van der Waals surface area contributed by atoms with Crippen LogP contribution >= 0.6 is 11.3 Å². The molecule has 0 aliphatic carbocycles. The summed E-state index contributed by atoms with van der Waals surface area (Å²) in [7, 11) is -1.83. The van der Waals surface area contributed by atoms with E-state index in [-0.39, 0.29) is 16.9 Å². The molecular formula is C9H15NO3S2. The maximum Gasteiger partial charge on any atom is 0.252 e. The summed E-state index contributed by atoms with van der Waals surface area (Å²) in [4.78, 5) is 0. The minimum Gasteiger partial charge on any atom is -0.392 e. The van der Waals surface area contributed by atoms with Crippen LogP contribution in [0.3, 0.4) is 0 Å². The molecule has 0 atom stereocenters. The molecule has 1 heterocycles. The van der Waals surface area contributed by atoms with Crippen molar-refractivity contribution in [1.82, 2.24) is 4.31 Å². The Morgan fingerprint density at radius 3 is 2.53 bits per heavy atom. The van der Waals surface area contributed by atoms with Gasteiger partial charge in [-0.2, -0.15) is 4.31 Å². The predicted molar refractivity (Wildman–Crippen MR) is 60.3 cm³/mol. The molecule has 0 amide bonds. The summed E-state index contributed by atoms with van der Waals surface area (Å²) in [5.41, 5.74) is 0.635. The van der Waals surface area contributed by atoms with Gasteiger partial charge in [0.25, 0.3) is 10.0 Å². The summed E-state index contributed by atoms with van der Waals surface area (Å²) in [6.07, 6.45) is 0. The first kappa shape index (κ1) is 12.6.